The van der Waals surface area contributed by atoms with Crippen molar-refractivity contribution in [3.8, 4) is 0 Å². The molecule has 0 radical (unpaired) electrons. The second-order valence-corrected chi connectivity index (χ2v) is 7.40. The van der Waals surface area contributed by atoms with Gasteiger partial charge < -0.3 is 9.74 Å². The number of Topliss-reactive ketones (excluding diaryl/α,β-unsaturated/α-hetero) is 1. The molecule has 2 aliphatic rings. The second-order valence-electron chi connectivity index (χ2n) is 4.84. The number of rotatable bonds is 4. The van der Waals surface area contributed by atoms with E-state index in [9.17, 15) is 19.7 Å². The molecule has 0 aromatic rings. The molecule has 20 heavy (non-hydrogen) atoms. The highest BCUT2D eigenvalue weighted by Gasteiger charge is 2.41. The third-order valence-electron chi connectivity index (χ3n) is 3.56. The van der Waals surface area contributed by atoms with E-state index in [0.717, 1.165) is 6.42 Å². The smallest absolute Gasteiger partial charge is 0.294 e. The van der Waals surface area contributed by atoms with Gasteiger partial charge in [0.1, 0.15) is 6.10 Å². The van der Waals surface area contributed by atoms with Crippen molar-refractivity contribution >= 4 is 33.3 Å². The Morgan fingerprint density at radius 2 is 2.05 bits per heavy atom. The van der Waals surface area contributed by atoms with Gasteiger partial charge in [-0.25, -0.2) is 0 Å². The maximum Gasteiger partial charge on any atom is 0.294 e. The van der Waals surface area contributed by atoms with Crippen LogP contribution in [0.15, 0.2) is 0 Å². The molecule has 0 N–H and O–H groups in total. The number of carbonyl (C=O) groups excluding carboxylic acids is 2. The Bertz CT molecular complexity index is 420. The lowest BCUT2D eigenvalue weighted by molar-refractivity contribution is -0.768. The van der Waals surface area contributed by atoms with Crippen molar-refractivity contribution in [1.82, 2.24) is 4.90 Å². The fourth-order valence-electron chi connectivity index (χ4n) is 2.57. The van der Waals surface area contributed by atoms with Crippen LogP contribution in [0, 0.1) is 16.0 Å². The quantitative estimate of drug-likeness (QED) is 0.436. The Hall–Kier alpha value is -0.960. The molecule has 0 aromatic carbocycles. The molecular weight excluding hydrogens is 304 g/mol. The summed E-state index contributed by atoms with van der Waals surface area (Å²) in [6, 6.07) is -0.377. The molecule has 112 valence electrons. The lowest BCUT2D eigenvalue weighted by Crippen LogP contribution is -2.49. The van der Waals surface area contributed by atoms with Gasteiger partial charge in [-0.3, -0.25) is 9.59 Å². The molecular formula is C11H16N2O5S2. The Morgan fingerprint density at radius 1 is 1.35 bits per heavy atom. The van der Waals surface area contributed by atoms with Crippen LogP contribution in [-0.2, 0) is 14.4 Å². The number of hydrogen-bond acceptors (Lipinski definition) is 7. The Balaban J connectivity index is 2.09. The van der Waals surface area contributed by atoms with E-state index in [1.807, 2.05) is 0 Å². The Labute approximate surface area is 124 Å². The van der Waals surface area contributed by atoms with Crippen LogP contribution in [0.2, 0.25) is 0 Å². The molecule has 0 saturated carbocycles. The highest BCUT2D eigenvalue weighted by atomic mass is 33.1. The van der Waals surface area contributed by atoms with Crippen LogP contribution in [-0.4, -0.2) is 51.9 Å². The molecule has 0 aromatic heterocycles. The van der Waals surface area contributed by atoms with Crippen molar-refractivity contribution in [2.24, 2.45) is 5.92 Å². The summed E-state index contributed by atoms with van der Waals surface area (Å²) in [5.41, 5.74) is 0. The first-order valence-electron chi connectivity index (χ1n) is 6.37. The van der Waals surface area contributed by atoms with Crippen molar-refractivity contribution in [2.75, 3.05) is 18.1 Å². The van der Waals surface area contributed by atoms with Crippen LogP contribution in [0.1, 0.15) is 19.8 Å². The number of ketones is 1. The van der Waals surface area contributed by atoms with E-state index >= 15 is 0 Å². The molecule has 7 nitrogen and oxygen atoms in total. The summed E-state index contributed by atoms with van der Waals surface area (Å²) in [5.74, 6) is 0.110. The molecule has 2 rings (SSSR count). The van der Waals surface area contributed by atoms with E-state index < -0.39 is 17.1 Å². The van der Waals surface area contributed by atoms with Crippen LogP contribution < -0.4 is 0 Å². The summed E-state index contributed by atoms with van der Waals surface area (Å²) in [6.45, 7) is 2.02. The van der Waals surface area contributed by atoms with Crippen LogP contribution in [0.5, 0.6) is 0 Å². The van der Waals surface area contributed by atoms with E-state index in [4.69, 9.17) is 0 Å². The van der Waals surface area contributed by atoms with E-state index in [0.29, 0.717) is 24.5 Å². The summed E-state index contributed by atoms with van der Waals surface area (Å²) < 4.78 is 0. The Kier molecular flexibility index (Phi) is 5.14. The van der Waals surface area contributed by atoms with Gasteiger partial charge in [-0.15, -0.1) is 10.1 Å². The minimum Gasteiger partial charge on any atom is -0.332 e. The maximum atomic E-state index is 12.6. The fourth-order valence-corrected chi connectivity index (χ4v) is 5.11. The highest BCUT2D eigenvalue weighted by Crippen LogP contribution is 2.36. The van der Waals surface area contributed by atoms with Gasteiger partial charge in [0.05, 0.1) is 12.0 Å². The monoisotopic (exact) mass is 320 g/mol. The van der Waals surface area contributed by atoms with Crippen molar-refractivity contribution in [1.29, 1.82) is 0 Å². The molecule has 2 heterocycles. The summed E-state index contributed by atoms with van der Waals surface area (Å²) in [4.78, 5) is 40.8. The maximum absolute atomic E-state index is 12.6. The summed E-state index contributed by atoms with van der Waals surface area (Å²) in [6.07, 6.45) is 0.749. The number of hydrogen-bond donors (Lipinski definition) is 0. The number of likely N-dealkylation sites (tertiary alicyclic amines) is 1. The van der Waals surface area contributed by atoms with Gasteiger partial charge in [0.15, 0.2) is 5.78 Å². The van der Waals surface area contributed by atoms with Gasteiger partial charge in [0, 0.05) is 18.1 Å². The average Bonchev–Trinajstić information content (AvgIpc) is 2.87. The molecule has 0 spiro atoms. The number of carbonyl (C=O) groups is 2. The SMILES string of the molecule is CC(=O)C1CCCN1C(=O)C1CSSCC1O[N+](=O)[O-]. The van der Waals surface area contributed by atoms with Crippen molar-refractivity contribution in [2.45, 2.75) is 31.9 Å². The Morgan fingerprint density at radius 3 is 2.70 bits per heavy atom. The third kappa shape index (κ3) is 3.38. The number of nitrogens with zero attached hydrogens (tertiary/aromatic N) is 2. The molecule has 1 amide bonds. The van der Waals surface area contributed by atoms with Crippen molar-refractivity contribution in [3.05, 3.63) is 10.1 Å². The van der Waals surface area contributed by atoms with Gasteiger partial charge in [-0.2, -0.15) is 0 Å². The van der Waals surface area contributed by atoms with Crippen LogP contribution >= 0.6 is 21.6 Å². The van der Waals surface area contributed by atoms with Gasteiger partial charge in [0.2, 0.25) is 5.91 Å². The van der Waals surface area contributed by atoms with Crippen molar-refractivity contribution < 1.29 is 19.5 Å². The first-order valence-corrected chi connectivity index (χ1v) is 8.86. The molecule has 0 aliphatic carbocycles. The van der Waals surface area contributed by atoms with Gasteiger partial charge in [0.25, 0.3) is 5.09 Å². The highest BCUT2D eigenvalue weighted by molar-refractivity contribution is 8.76. The van der Waals surface area contributed by atoms with Crippen molar-refractivity contribution in [3.63, 3.8) is 0 Å². The van der Waals surface area contributed by atoms with E-state index in [2.05, 4.69) is 4.84 Å². The molecule has 0 bridgehead atoms. The molecule has 9 heteroatoms. The average molecular weight is 320 g/mol. The van der Waals surface area contributed by atoms with Crippen LogP contribution in [0.4, 0.5) is 0 Å². The zero-order valence-electron chi connectivity index (χ0n) is 11.0. The van der Waals surface area contributed by atoms with Crippen LogP contribution in [0.25, 0.3) is 0 Å². The predicted molar refractivity (Wildman–Crippen MR) is 75.7 cm³/mol. The van der Waals surface area contributed by atoms with E-state index in [-0.39, 0.29) is 17.7 Å². The van der Waals surface area contributed by atoms with Gasteiger partial charge >= 0.3 is 0 Å². The first-order chi connectivity index (χ1) is 9.50. The van der Waals surface area contributed by atoms with E-state index in [1.54, 1.807) is 4.90 Å². The minimum absolute atomic E-state index is 0.0274. The predicted octanol–water partition coefficient (Wildman–Crippen LogP) is 1.15. The lowest BCUT2D eigenvalue weighted by Gasteiger charge is -2.32. The molecule has 3 unspecified atom stereocenters. The van der Waals surface area contributed by atoms with Gasteiger partial charge in [-0.1, -0.05) is 21.6 Å². The molecule has 3 atom stereocenters. The second kappa shape index (κ2) is 6.66. The summed E-state index contributed by atoms with van der Waals surface area (Å²) in [7, 11) is 2.98. The topological polar surface area (TPSA) is 89.8 Å². The molecule has 2 saturated heterocycles. The van der Waals surface area contributed by atoms with Gasteiger partial charge in [-0.05, 0) is 19.8 Å². The van der Waals surface area contributed by atoms with E-state index in [1.165, 1.54) is 28.5 Å². The molecule has 2 aliphatic heterocycles. The summed E-state index contributed by atoms with van der Waals surface area (Å²) in [5, 5.41) is 9.68. The van der Waals surface area contributed by atoms with Crippen LogP contribution in [0.3, 0.4) is 0 Å². The number of amides is 1. The summed E-state index contributed by atoms with van der Waals surface area (Å²) >= 11 is 0. The zero-order valence-corrected chi connectivity index (χ0v) is 12.7. The third-order valence-corrected chi connectivity index (χ3v) is 6.00. The zero-order chi connectivity index (χ0) is 14.7. The molecule has 2 fully saturated rings. The lowest BCUT2D eigenvalue weighted by atomic mass is 10.0. The first kappa shape index (κ1) is 15.4. The minimum atomic E-state index is -0.839. The standard InChI is InChI=1S/C11H16N2O5S2/c1-7(14)9-3-2-4-12(9)11(15)8-5-19-20-6-10(8)18-13(16)17/h8-10H,2-6H2,1H3. The normalized spacial score (nSPS) is 30.1. The fraction of sp³-hybridized carbons (Fsp3) is 0.818. The largest absolute Gasteiger partial charge is 0.332 e.